The van der Waals surface area contributed by atoms with Crippen LogP contribution in [-0.2, 0) is 11.2 Å². The molecule has 1 aromatic carbocycles. The van der Waals surface area contributed by atoms with E-state index in [-0.39, 0.29) is 11.9 Å². The molecule has 0 saturated heterocycles. The molecule has 3 N–H and O–H groups in total. The number of imidazole rings is 1. The summed E-state index contributed by atoms with van der Waals surface area (Å²) in [7, 11) is 0. The van der Waals surface area contributed by atoms with Crippen molar-refractivity contribution in [2.75, 3.05) is 5.32 Å². The number of para-hydroxylation sites is 1. The van der Waals surface area contributed by atoms with Gasteiger partial charge in [0, 0.05) is 6.92 Å². The molecular weight excluding hydrogens is 256 g/mol. The lowest BCUT2D eigenvalue weighted by Crippen LogP contribution is -2.23. The lowest BCUT2D eigenvalue weighted by molar-refractivity contribution is -0.114. The van der Waals surface area contributed by atoms with E-state index in [1.807, 2.05) is 12.1 Å². The number of benzene rings is 1. The van der Waals surface area contributed by atoms with Crippen molar-refractivity contribution in [1.82, 2.24) is 9.55 Å². The van der Waals surface area contributed by atoms with E-state index in [2.05, 4.69) is 17.2 Å². The Kier molecular flexibility index (Phi) is 4.02. The summed E-state index contributed by atoms with van der Waals surface area (Å²) in [5.41, 5.74) is 7.77. The first kappa shape index (κ1) is 14.0. The standard InChI is InChI=1S/C14H18N4O2/c1-3-4-6-10-7-5-8-11-12(10)17-14(16-9(2)19)18(11)13(15)20/h5,7-8H,3-4,6H2,1-2H3,(H2,15,20)(H,16,17,19). The number of rotatable bonds is 4. The van der Waals surface area contributed by atoms with Crippen LogP contribution in [0.4, 0.5) is 10.7 Å². The maximum atomic E-state index is 11.6. The Morgan fingerprint density at radius 3 is 2.75 bits per heavy atom. The molecule has 0 unspecified atom stereocenters. The minimum Gasteiger partial charge on any atom is -0.351 e. The van der Waals surface area contributed by atoms with Crippen LogP contribution in [0.2, 0.25) is 0 Å². The van der Waals surface area contributed by atoms with Gasteiger partial charge in [-0.15, -0.1) is 0 Å². The zero-order valence-corrected chi connectivity index (χ0v) is 11.6. The van der Waals surface area contributed by atoms with Gasteiger partial charge in [-0.1, -0.05) is 25.5 Å². The van der Waals surface area contributed by atoms with E-state index < -0.39 is 6.03 Å². The van der Waals surface area contributed by atoms with Gasteiger partial charge in [0.25, 0.3) is 0 Å². The summed E-state index contributed by atoms with van der Waals surface area (Å²) in [6, 6.07) is 4.96. The van der Waals surface area contributed by atoms with Crippen molar-refractivity contribution in [2.24, 2.45) is 5.73 Å². The lowest BCUT2D eigenvalue weighted by atomic mass is 10.1. The fourth-order valence-electron chi connectivity index (χ4n) is 2.19. The molecule has 106 valence electrons. The van der Waals surface area contributed by atoms with Crippen molar-refractivity contribution in [3.8, 4) is 0 Å². The summed E-state index contributed by atoms with van der Waals surface area (Å²) in [6.07, 6.45) is 2.99. The van der Waals surface area contributed by atoms with Gasteiger partial charge in [-0.05, 0) is 24.5 Å². The zero-order valence-electron chi connectivity index (χ0n) is 11.6. The van der Waals surface area contributed by atoms with Crippen LogP contribution < -0.4 is 11.1 Å². The number of nitrogens with zero attached hydrogens (tertiary/aromatic N) is 2. The average molecular weight is 274 g/mol. The second-order valence-corrected chi connectivity index (χ2v) is 4.68. The number of carbonyl (C=O) groups is 2. The van der Waals surface area contributed by atoms with Crippen LogP contribution in [0, 0.1) is 0 Å². The SMILES string of the molecule is CCCCc1cccc2c1nc(NC(C)=O)n2C(N)=O. The van der Waals surface area contributed by atoms with E-state index in [1.165, 1.54) is 11.5 Å². The third-order valence-electron chi connectivity index (χ3n) is 3.08. The van der Waals surface area contributed by atoms with Crippen LogP contribution in [0.1, 0.15) is 32.3 Å². The van der Waals surface area contributed by atoms with Crippen LogP contribution >= 0.6 is 0 Å². The number of carbonyl (C=O) groups excluding carboxylic acids is 2. The lowest BCUT2D eigenvalue weighted by Gasteiger charge is -2.04. The molecule has 0 fully saturated rings. The Labute approximate surface area is 117 Å². The van der Waals surface area contributed by atoms with Gasteiger partial charge < -0.3 is 5.73 Å². The molecule has 0 aliphatic heterocycles. The van der Waals surface area contributed by atoms with E-state index in [0.717, 1.165) is 24.8 Å². The smallest absolute Gasteiger partial charge is 0.326 e. The summed E-state index contributed by atoms with van der Waals surface area (Å²) in [5.74, 6) is -0.123. The second-order valence-electron chi connectivity index (χ2n) is 4.68. The van der Waals surface area contributed by atoms with Crippen LogP contribution in [-0.4, -0.2) is 21.5 Å². The Morgan fingerprint density at radius 2 is 2.15 bits per heavy atom. The molecule has 0 aliphatic rings. The molecule has 0 aliphatic carbocycles. The molecule has 0 bridgehead atoms. The molecule has 2 aromatic rings. The topological polar surface area (TPSA) is 90.0 Å². The van der Waals surface area contributed by atoms with Gasteiger partial charge in [0.1, 0.15) is 0 Å². The van der Waals surface area contributed by atoms with E-state index in [1.54, 1.807) is 6.07 Å². The van der Waals surface area contributed by atoms with E-state index >= 15 is 0 Å². The highest BCUT2D eigenvalue weighted by atomic mass is 16.2. The normalized spacial score (nSPS) is 10.7. The molecule has 2 rings (SSSR count). The fourth-order valence-corrected chi connectivity index (χ4v) is 2.19. The van der Waals surface area contributed by atoms with Crippen molar-refractivity contribution in [1.29, 1.82) is 0 Å². The zero-order chi connectivity index (χ0) is 14.7. The second kappa shape index (κ2) is 5.73. The largest absolute Gasteiger partial charge is 0.351 e. The van der Waals surface area contributed by atoms with E-state index in [9.17, 15) is 9.59 Å². The average Bonchev–Trinajstić information content (AvgIpc) is 2.73. The molecule has 0 atom stereocenters. The number of aromatic nitrogens is 2. The summed E-state index contributed by atoms with van der Waals surface area (Å²) >= 11 is 0. The highest BCUT2D eigenvalue weighted by Crippen LogP contribution is 2.23. The van der Waals surface area contributed by atoms with Gasteiger partial charge in [0.15, 0.2) is 0 Å². The number of hydrogen-bond donors (Lipinski definition) is 2. The predicted molar refractivity (Wildman–Crippen MR) is 77.6 cm³/mol. The fraction of sp³-hybridized carbons (Fsp3) is 0.357. The third-order valence-corrected chi connectivity index (χ3v) is 3.08. The quantitative estimate of drug-likeness (QED) is 0.896. The van der Waals surface area contributed by atoms with Gasteiger partial charge in [-0.2, -0.15) is 0 Å². The molecule has 0 radical (unpaired) electrons. The molecule has 0 spiro atoms. The molecule has 1 heterocycles. The molecule has 20 heavy (non-hydrogen) atoms. The maximum absolute atomic E-state index is 11.6. The number of amides is 2. The first-order valence-electron chi connectivity index (χ1n) is 6.62. The number of anilines is 1. The molecule has 6 nitrogen and oxygen atoms in total. The minimum atomic E-state index is -0.663. The van der Waals surface area contributed by atoms with Crippen molar-refractivity contribution < 1.29 is 9.59 Å². The maximum Gasteiger partial charge on any atom is 0.326 e. The number of aryl methyl sites for hydroxylation is 1. The number of fused-ring (bicyclic) bond motifs is 1. The molecule has 0 saturated carbocycles. The predicted octanol–water partition coefficient (Wildman–Crippen LogP) is 2.26. The molecule has 2 amide bonds. The third kappa shape index (κ3) is 2.64. The first-order valence-corrected chi connectivity index (χ1v) is 6.62. The van der Waals surface area contributed by atoms with Crippen molar-refractivity contribution >= 4 is 28.9 Å². The Morgan fingerprint density at radius 1 is 1.40 bits per heavy atom. The summed E-state index contributed by atoms with van der Waals surface area (Å²) < 4.78 is 1.23. The monoisotopic (exact) mass is 274 g/mol. The van der Waals surface area contributed by atoms with Gasteiger partial charge in [0.2, 0.25) is 11.9 Å². The van der Waals surface area contributed by atoms with Crippen LogP contribution in [0.3, 0.4) is 0 Å². The van der Waals surface area contributed by atoms with Gasteiger partial charge in [-0.25, -0.2) is 14.3 Å². The van der Waals surface area contributed by atoms with Gasteiger partial charge in [0.05, 0.1) is 11.0 Å². The van der Waals surface area contributed by atoms with Crippen LogP contribution in [0.15, 0.2) is 18.2 Å². The summed E-state index contributed by atoms with van der Waals surface area (Å²) in [5, 5.41) is 2.54. The number of primary amides is 1. The van der Waals surface area contributed by atoms with Gasteiger partial charge >= 0.3 is 6.03 Å². The van der Waals surface area contributed by atoms with Crippen molar-refractivity contribution in [3.63, 3.8) is 0 Å². The van der Waals surface area contributed by atoms with Gasteiger partial charge in [-0.3, -0.25) is 10.1 Å². The Bertz CT molecular complexity index is 660. The molecule has 6 heteroatoms. The highest BCUT2D eigenvalue weighted by molar-refractivity contribution is 5.97. The Hall–Kier alpha value is -2.37. The number of unbranched alkanes of at least 4 members (excludes halogenated alkanes) is 1. The number of nitrogens with one attached hydrogen (secondary N) is 1. The minimum absolute atomic E-state index is 0.170. The number of hydrogen-bond acceptors (Lipinski definition) is 3. The molecular formula is C14H18N4O2. The number of nitrogens with two attached hydrogens (primary N) is 1. The Balaban J connectivity index is 2.59. The summed E-state index contributed by atoms with van der Waals surface area (Å²) in [4.78, 5) is 27.2. The van der Waals surface area contributed by atoms with Crippen molar-refractivity contribution in [3.05, 3.63) is 23.8 Å². The van der Waals surface area contributed by atoms with Crippen LogP contribution in [0.5, 0.6) is 0 Å². The summed E-state index contributed by atoms with van der Waals surface area (Å²) in [6.45, 7) is 3.48. The first-order chi connectivity index (χ1) is 9.54. The van der Waals surface area contributed by atoms with E-state index in [0.29, 0.717) is 11.0 Å². The molecule has 1 aromatic heterocycles. The van der Waals surface area contributed by atoms with Crippen molar-refractivity contribution in [2.45, 2.75) is 33.1 Å². The highest BCUT2D eigenvalue weighted by Gasteiger charge is 2.17. The van der Waals surface area contributed by atoms with E-state index in [4.69, 9.17) is 5.73 Å². The van der Waals surface area contributed by atoms with Crippen LogP contribution in [0.25, 0.3) is 11.0 Å².